The Balaban J connectivity index is 1.97. The van der Waals surface area contributed by atoms with Gasteiger partial charge in [-0.15, -0.1) is 0 Å². The van der Waals surface area contributed by atoms with Crippen LogP contribution in [0.4, 0.5) is 5.82 Å². The summed E-state index contributed by atoms with van der Waals surface area (Å²) >= 11 is 0. The number of nitrogens with zero attached hydrogens (tertiary/aromatic N) is 3. The fourth-order valence-electron chi connectivity index (χ4n) is 2.28. The minimum atomic E-state index is 0.243. The van der Waals surface area contributed by atoms with E-state index in [9.17, 15) is 0 Å². The molecule has 0 aromatic carbocycles. The van der Waals surface area contributed by atoms with Gasteiger partial charge in [-0.3, -0.25) is 4.98 Å². The van der Waals surface area contributed by atoms with Crippen molar-refractivity contribution >= 4 is 5.82 Å². The highest BCUT2D eigenvalue weighted by Crippen LogP contribution is 2.17. The van der Waals surface area contributed by atoms with Crippen molar-refractivity contribution in [3.63, 3.8) is 0 Å². The monoisotopic (exact) mass is 264 g/mol. The van der Waals surface area contributed by atoms with Crippen LogP contribution in [0.2, 0.25) is 0 Å². The zero-order chi connectivity index (χ0) is 13.8. The molecule has 5 heteroatoms. The molecule has 0 amide bonds. The molecule has 2 rings (SSSR count). The van der Waals surface area contributed by atoms with Crippen molar-refractivity contribution in [2.45, 2.75) is 52.5 Å². The van der Waals surface area contributed by atoms with E-state index in [1.54, 1.807) is 0 Å². The van der Waals surface area contributed by atoms with Crippen LogP contribution in [0.5, 0.6) is 0 Å². The average molecular weight is 264 g/mol. The number of hydrogen-bond acceptors (Lipinski definition) is 5. The summed E-state index contributed by atoms with van der Waals surface area (Å²) in [6.07, 6.45) is 4.21. The van der Waals surface area contributed by atoms with Gasteiger partial charge >= 0.3 is 0 Å². The van der Waals surface area contributed by atoms with E-state index in [2.05, 4.69) is 47.9 Å². The smallest absolute Gasteiger partial charge is 0.147 e. The van der Waals surface area contributed by atoms with Gasteiger partial charge in [-0.1, -0.05) is 13.8 Å². The molecule has 1 aromatic rings. The third-order valence-electron chi connectivity index (χ3n) is 3.13. The predicted octanol–water partition coefficient (Wildman–Crippen LogP) is 1.59. The third kappa shape index (κ3) is 4.14. The normalized spacial score (nSPS) is 23.9. The number of aromatic nitrogens is 2. The maximum absolute atomic E-state index is 5.73. The standard InChI is InChI=1S/C14H24N4O/c1-10(2)15-5-13-6-17-14(7-16-13)18-8-11(3)19-12(4)9-18/h6-7,10-12,15H,5,8-9H2,1-4H3. The first-order valence-corrected chi connectivity index (χ1v) is 6.99. The van der Waals surface area contributed by atoms with Crippen molar-refractivity contribution in [3.8, 4) is 0 Å². The Bertz CT molecular complexity index is 383. The second kappa shape index (κ2) is 6.30. The lowest BCUT2D eigenvalue weighted by molar-refractivity contribution is -0.00548. The summed E-state index contributed by atoms with van der Waals surface area (Å²) in [7, 11) is 0. The van der Waals surface area contributed by atoms with Gasteiger partial charge in [0.25, 0.3) is 0 Å². The molecule has 0 bridgehead atoms. The average Bonchev–Trinajstić information content (AvgIpc) is 2.36. The second-order valence-electron chi connectivity index (χ2n) is 5.56. The van der Waals surface area contributed by atoms with Crippen molar-refractivity contribution in [3.05, 3.63) is 18.1 Å². The van der Waals surface area contributed by atoms with E-state index in [1.165, 1.54) is 0 Å². The Morgan fingerprint density at radius 3 is 2.47 bits per heavy atom. The SMILES string of the molecule is CC(C)NCc1cnc(N2CC(C)OC(C)C2)cn1. The lowest BCUT2D eigenvalue weighted by Gasteiger charge is -2.35. The van der Waals surface area contributed by atoms with Crippen molar-refractivity contribution in [1.82, 2.24) is 15.3 Å². The van der Waals surface area contributed by atoms with Crippen molar-refractivity contribution in [2.75, 3.05) is 18.0 Å². The van der Waals surface area contributed by atoms with E-state index in [0.717, 1.165) is 31.1 Å². The number of hydrogen-bond donors (Lipinski definition) is 1. The number of rotatable bonds is 4. The molecular weight excluding hydrogens is 240 g/mol. The summed E-state index contributed by atoms with van der Waals surface area (Å²) in [5, 5.41) is 3.34. The van der Waals surface area contributed by atoms with Crippen LogP contribution in [0, 0.1) is 0 Å². The van der Waals surface area contributed by atoms with Gasteiger partial charge in [0, 0.05) is 25.7 Å². The maximum atomic E-state index is 5.73. The van der Waals surface area contributed by atoms with Gasteiger partial charge in [-0.25, -0.2) is 4.98 Å². The molecular formula is C14H24N4O. The van der Waals surface area contributed by atoms with E-state index in [1.807, 2.05) is 12.4 Å². The van der Waals surface area contributed by atoms with Crippen LogP contribution in [0.1, 0.15) is 33.4 Å². The van der Waals surface area contributed by atoms with Gasteiger partial charge < -0.3 is 15.0 Å². The van der Waals surface area contributed by atoms with E-state index in [4.69, 9.17) is 4.74 Å². The number of ether oxygens (including phenoxy) is 1. The van der Waals surface area contributed by atoms with Crippen LogP contribution in [0.25, 0.3) is 0 Å². The van der Waals surface area contributed by atoms with Crippen LogP contribution < -0.4 is 10.2 Å². The molecule has 1 aliphatic heterocycles. The van der Waals surface area contributed by atoms with Crippen molar-refractivity contribution < 1.29 is 4.74 Å². The van der Waals surface area contributed by atoms with Crippen LogP contribution in [-0.4, -0.2) is 41.3 Å². The summed E-state index contributed by atoms with van der Waals surface area (Å²) in [5.74, 6) is 0.940. The summed E-state index contributed by atoms with van der Waals surface area (Å²) in [6.45, 7) is 11.0. The summed E-state index contributed by atoms with van der Waals surface area (Å²) in [5.41, 5.74) is 0.979. The Kier molecular flexibility index (Phi) is 4.71. The molecule has 0 spiro atoms. The molecule has 2 heterocycles. The first-order chi connectivity index (χ1) is 9.04. The van der Waals surface area contributed by atoms with E-state index in [-0.39, 0.29) is 12.2 Å². The molecule has 1 aliphatic rings. The minimum Gasteiger partial charge on any atom is -0.372 e. The summed E-state index contributed by atoms with van der Waals surface area (Å²) < 4.78 is 5.73. The molecule has 1 fully saturated rings. The van der Waals surface area contributed by atoms with Crippen molar-refractivity contribution in [1.29, 1.82) is 0 Å². The number of morpholine rings is 1. The Morgan fingerprint density at radius 2 is 1.95 bits per heavy atom. The molecule has 1 saturated heterocycles. The molecule has 5 nitrogen and oxygen atoms in total. The Hall–Kier alpha value is -1.20. The highest BCUT2D eigenvalue weighted by atomic mass is 16.5. The summed E-state index contributed by atoms with van der Waals surface area (Å²) in [4.78, 5) is 11.2. The number of anilines is 1. The molecule has 0 radical (unpaired) electrons. The predicted molar refractivity (Wildman–Crippen MR) is 76.2 cm³/mol. The van der Waals surface area contributed by atoms with Crippen LogP contribution in [-0.2, 0) is 11.3 Å². The maximum Gasteiger partial charge on any atom is 0.147 e. The minimum absolute atomic E-state index is 0.243. The second-order valence-corrected chi connectivity index (χ2v) is 5.56. The van der Waals surface area contributed by atoms with E-state index < -0.39 is 0 Å². The molecule has 2 atom stereocenters. The van der Waals surface area contributed by atoms with E-state index >= 15 is 0 Å². The first kappa shape index (κ1) is 14.2. The van der Waals surface area contributed by atoms with Crippen molar-refractivity contribution in [2.24, 2.45) is 0 Å². The van der Waals surface area contributed by atoms with Gasteiger partial charge in [0.05, 0.1) is 30.3 Å². The number of nitrogens with one attached hydrogen (secondary N) is 1. The van der Waals surface area contributed by atoms with Gasteiger partial charge in [-0.2, -0.15) is 0 Å². The zero-order valence-electron chi connectivity index (χ0n) is 12.3. The van der Waals surface area contributed by atoms with Gasteiger partial charge in [0.1, 0.15) is 5.82 Å². The van der Waals surface area contributed by atoms with Gasteiger partial charge in [0.2, 0.25) is 0 Å². The largest absolute Gasteiger partial charge is 0.372 e. The summed E-state index contributed by atoms with van der Waals surface area (Å²) in [6, 6.07) is 0.461. The quantitative estimate of drug-likeness (QED) is 0.895. The van der Waals surface area contributed by atoms with Gasteiger partial charge in [-0.05, 0) is 13.8 Å². The lowest BCUT2D eigenvalue weighted by Crippen LogP contribution is -2.45. The van der Waals surface area contributed by atoms with Gasteiger partial charge in [0.15, 0.2) is 0 Å². The van der Waals surface area contributed by atoms with Crippen LogP contribution >= 0.6 is 0 Å². The van der Waals surface area contributed by atoms with E-state index in [0.29, 0.717) is 6.04 Å². The highest BCUT2D eigenvalue weighted by Gasteiger charge is 2.23. The molecule has 1 aromatic heterocycles. The zero-order valence-corrected chi connectivity index (χ0v) is 12.3. The first-order valence-electron chi connectivity index (χ1n) is 6.99. The lowest BCUT2D eigenvalue weighted by atomic mass is 10.2. The molecule has 1 N–H and O–H groups in total. The third-order valence-corrected chi connectivity index (χ3v) is 3.13. The fraction of sp³-hybridized carbons (Fsp3) is 0.714. The Morgan fingerprint density at radius 1 is 1.26 bits per heavy atom. The molecule has 0 saturated carbocycles. The highest BCUT2D eigenvalue weighted by molar-refractivity contribution is 5.36. The molecule has 19 heavy (non-hydrogen) atoms. The molecule has 2 unspecified atom stereocenters. The Labute approximate surface area is 115 Å². The fourth-order valence-corrected chi connectivity index (χ4v) is 2.28. The molecule has 106 valence electrons. The topological polar surface area (TPSA) is 50.3 Å². The van der Waals surface area contributed by atoms with Crippen LogP contribution in [0.15, 0.2) is 12.4 Å². The van der Waals surface area contributed by atoms with Crippen LogP contribution in [0.3, 0.4) is 0 Å². The molecule has 0 aliphatic carbocycles.